The van der Waals surface area contributed by atoms with Crippen LogP contribution >= 0.6 is 0 Å². The van der Waals surface area contributed by atoms with E-state index in [9.17, 15) is 0 Å². The molecule has 14 aromatic carbocycles. The molecule has 2 aliphatic heterocycles. The number of aromatic nitrogens is 1. The van der Waals surface area contributed by atoms with Crippen molar-refractivity contribution in [2.24, 2.45) is 0 Å². The molecule has 0 atom stereocenters. The first-order chi connectivity index (χ1) is 47.3. The minimum atomic E-state index is -3.06. The fraction of sp³-hybridized carbons (Fsp3) is 0.0667. The number of nitrogens with zero attached hydrogens (tertiary/aromatic N) is 3. The molecule has 2 aliphatic rings. The van der Waals surface area contributed by atoms with Crippen LogP contribution in [0.3, 0.4) is 0 Å². The van der Waals surface area contributed by atoms with Crippen LogP contribution in [-0.4, -0.2) is 27.4 Å². The third kappa shape index (κ3) is 9.45. The number of para-hydroxylation sites is 1. The molecule has 3 nitrogen and oxygen atoms in total. The standard InChI is InChI=1S/C90H72BN3Si2/c1-63(2)66-48-52-80-81-53-49-67(64(3)4)57-85(81)94(84(80)56-66)71-60-88-90-89(61-71)93(70-34-29-47-78(59-70)95(72-35-17-7-18-36-72,73-37-19-8-20-38-73)74-39-21-9-22-40-74)86-58-68(65-30-13-5-14-31-65)50-54-82(86)91(90)83-55-51-79(62-87(83)92(88)69-32-15-6-16-33-69)96(75-41-23-10-24-42-75,76-43-25-11-26-44-76)77-45-27-12-28-46-77/h5-64H,1-4H3. The predicted molar refractivity (Wildman–Crippen MR) is 416 cm³/mol. The number of benzene rings is 14. The molecule has 0 N–H and O–H groups in total. The van der Waals surface area contributed by atoms with Crippen LogP contribution in [0.4, 0.5) is 34.1 Å². The van der Waals surface area contributed by atoms with Gasteiger partial charge in [-0.15, -0.1) is 0 Å². The Morgan fingerprint density at radius 3 is 1.06 bits per heavy atom. The summed E-state index contributed by atoms with van der Waals surface area (Å²) in [6.07, 6.45) is 0. The van der Waals surface area contributed by atoms with Crippen molar-refractivity contribution in [1.29, 1.82) is 0 Å². The summed E-state index contributed by atoms with van der Waals surface area (Å²) in [5.74, 6) is 0.651. The molecule has 96 heavy (non-hydrogen) atoms. The maximum absolute atomic E-state index is 3.06. The Morgan fingerprint density at radius 2 is 0.625 bits per heavy atom. The molecule has 0 amide bonds. The minimum absolute atomic E-state index is 0.168. The van der Waals surface area contributed by atoms with Crippen molar-refractivity contribution in [2.45, 2.75) is 39.5 Å². The minimum Gasteiger partial charge on any atom is -0.311 e. The van der Waals surface area contributed by atoms with Gasteiger partial charge in [-0.2, -0.15) is 0 Å². The van der Waals surface area contributed by atoms with Crippen LogP contribution in [0.15, 0.2) is 352 Å². The van der Waals surface area contributed by atoms with Crippen LogP contribution < -0.4 is 67.7 Å². The molecule has 15 aromatic rings. The Morgan fingerprint density at radius 1 is 0.260 bits per heavy atom. The van der Waals surface area contributed by atoms with Crippen LogP contribution in [0.2, 0.25) is 0 Å². The molecule has 1 aromatic heterocycles. The molecule has 17 rings (SSSR count). The van der Waals surface area contributed by atoms with E-state index in [2.05, 4.69) is 394 Å². The number of rotatable bonds is 14. The molecule has 0 fully saturated rings. The Balaban J connectivity index is 1.02. The van der Waals surface area contributed by atoms with Crippen LogP contribution in [0.1, 0.15) is 50.7 Å². The molecule has 0 unspecified atom stereocenters. The van der Waals surface area contributed by atoms with E-state index in [4.69, 9.17) is 0 Å². The fourth-order valence-electron chi connectivity index (χ4n) is 16.3. The van der Waals surface area contributed by atoms with Crippen molar-refractivity contribution in [3.63, 3.8) is 0 Å². The average Bonchev–Trinajstić information content (AvgIpc) is 0.899. The van der Waals surface area contributed by atoms with Gasteiger partial charge in [0.25, 0.3) is 6.71 Å². The monoisotopic (exact) mass is 1260 g/mol. The molecule has 0 saturated heterocycles. The summed E-state index contributed by atoms with van der Waals surface area (Å²) in [5, 5.41) is 13.2. The van der Waals surface area contributed by atoms with Gasteiger partial charge < -0.3 is 14.4 Å². The summed E-state index contributed by atoms with van der Waals surface area (Å²) in [7, 11) is -6.10. The largest absolute Gasteiger partial charge is 0.311 e. The summed E-state index contributed by atoms with van der Waals surface area (Å²) >= 11 is 0. The number of hydrogen-bond donors (Lipinski definition) is 0. The van der Waals surface area contributed by atoms with Crippen LogP contribution in [0.5, 0.6) is 0 Å². The van der Waals surface area contributed by atoms with E-state index in [0.717, 1.165) is 34.1 Å². The summed E-state index contributed by atoms with van der Waals surface area (Å²) in [5.41, 5.74) is 19.2. The lowest BCUT2D eigenvalue weighted by Crippen LogP contribution is -2.75. The van der Waals surface area contributed by atoms with E-state index in [0.29, 0.717) is 11.8 Å². The van der Waals surface area contributed by atoms with Gasteiger partial charge in [0.05, 0.1) is 16.7 Å². The van der Waals surface area contributed by atoms with E-state index in [1.807, 2.05) is 0 Å². The van der Waals surface area contributed by atoms with Gasteiger partial charge in [-0.05, 0) is 153 Å². The second kappa shape index (κ2) is 24.1. The highest BCUT2D eigenvalue weighted by Gasteiger charge is 2.48. The zero-order valence-electron chi connectivity index (χ0n) is 54.6. The molecule has 0 bridgehead atoms. The number of hydrogen-bond acceptors (Lipinski definition) is 2. The summed E-state index contributed by atoms with van der Waals surface area (Å²) in [4.78, 5) is 5.30. The second-order valence-corrected chi connectivity index (χ2v) is 34.3. The van der Waals surface area contributed by atoms with Gasteiger partial charge in [0.1, 0.15) is 0 Å². The normalized spacial score (nSPS) is 12.7. The van der Waals surface area contributed by atoms with E-state index < -0.39 is 16.1 Å². The Kier molecular flexibility index (Phi) is 14.7. The smallest absolute Gasteiger partial charge is 0.252 e. The second-order valence-electron chi connectivity index (χ2n) is 26.7. The molecular weight excluding hydrogens is 1190 g/mol. The van der Waals surface area contributed by atoms with Crippen molar-refractivity contribution in [2.75, 3.05) is 9.80 Å². The topological polar surface area (TPSA) is 11.4 Å². The first-order valence-electron chi connectivity index (χ1n) is 34.0. The van der Waals surface area contributed by atoms with E-state index in [-0.39, 0.29) is 6.71 Å². The number of anilines is 6. The summed E-state index contributed by atoms with van der Waals surface area (Å²) in [6.45, 7) is 9.11. The van der Waals surface area contributed by atoms with Gasteiger partial charge in [-0.3, -0.25) is 0 Å². The quantitative estimate of drug-likeness (QED) is 0.0794. The summed E-state index contributed by atoms with van der Waals surface area (Å²) in [6, 6.07) is 135. The lowest BCUT2D eigenvalue weighted by molar-refractivity contribution is 0.867. The maximum atomic E-state index is 2.66. The average molecular weight is 1260 g/mol. The van der Waals surface area contributed by atoms with Gasteiger partial charge >= 0.3 is 0 Å². The SMILES string of the molecule is CC(C)c1ccc2c3ccc(C(C)C)cc3n(-c3cc4c5c(c3)N(c3ccccc3)c3cc([Si](c6ccccc6)(c6ccccc6)c6ccccc6)ccc3B5c3ccc(-c5ccccc5)cc3N4c3cccc([Si](c4ccccc4)(c4ccccc4)c4ccccc4)c3)c2c1. The Hall–Kier alpha value is -11.0. The summed E-state index contributed by atoms with van der Waals surface area (Å²) < 4.78 is 2.62. The van der Waals surface area contributed by atoms with E-state index in [1.54, 1.807) is 0 Å². The van der Waals surface area contributed by atoms with Crippen molar-refractivity contribution >= 4 is 137 Å². The Bertz CT molecular complexity index is 5100. The molecule has 0 radical (unpaired) electrons. The highest BCUT2D eigenvalue weighted by Crippen LogP contribution is 2.47. The lowest BCUT2D eigenvalue weighted by Gasteiger charge is -2.45. The van der Waals surface area contributed by atoms with Crippen molar-refractivity contribution in [3.05, 3.63) is 363 Å². The molecule has 6 heteroatoms. The molecule has 0 spiro atoms. The van der Waals surface area contributed by atoms with Crippen molar-refractivity contribution in [1.82, 2.24) is 4.57 Å². The van der Waals surface area contributed by atoms with Gasteiger partial charge in [-0.25, -0.2) is 0 Å². The first kappa shape index (κ1) is 58.8. The molecule has 458 valence electrons. The lowest BCUT2D eigenvalue weighted by atomic mass is 9.33. The van der Waals surface area contributed by atoms with E-state index in [1.165, 1.54) is 108 Å². The zero-order chi connectivity index (χ0) is 64.5. The van der Waals surface area contributed by atoms with Crippen LogP contribution in [-0.2, 0) is 0 Å². The van der Waals surface area contributed by atoms with Gasteiger partial charge in [0.15, 0.2) is 16.1 Å². The number of fused-ring (bicyclic) bond motifs is 7. The van der Waals surface area contributed by atoms with E-state index >= 15 is 0 Å². The van der Waals surface area contributed by atoms with Gasteiger partial charge in [0, 0.05) is 44.9 Å². The third-order valence-electron chi connectivity index (χ3n) is 20.8. The molecule has 3 heterocycles. The van der Waals surface area contributed by atoms with Crippen molar-refractivity contribution < 1.29 is 0 Å². The first-order valence-corrected chi connectivity index (χ1v) is 38.0. The molecule has 0 saturated carbocycles. The Labute approximate surface area is 566 Å². The van der Waals surface area contributed by atoms with Gasteiger partial charge in [0.2, 0.25) is 0 Å². The van der Waals surface area contributed by atoms with Crippen molar-refractivity contribution in [3.8, 4) is 16.8 Å². The van der Waals surface area contributed by atoms with Crippen LogP contribution in [0, 0.1) is 0 Å². The van der Waals surface area contributed by atoms with Crippen LogP contribution in [0.25, 0.3) is 38.6 Å². The maximum Gasteiger partial charge on any atom is 0.252 e. The zero-order valence-corrected chi connectivity index (χ0v) is 56.6. The highest BCUT2D eigenvalue weighted by atomic mass is 28.3. The molecular formula is C90H72BN3Si2. The predicted octanol–water partition coefficient (Wildman–Crippen LogP) is 15.5. The van der Waals surface area contributed by atoms with Gasteiger partial charge in [-0.1, -0.05) is 319 Å². The molecule has 0 aliphatic carbocycles. The fourth-order valence-corrected chi connectivity index (χ4v) is 25.9. The highest BCUT2D eigenvalue weighted by molar-refractivity contribution is 7.20. The third-order valence-corrected chi connectivity index (χ3v) is 30.3.